The van der Waals surface area contributed by atoms with Gasteiger partial charge >= 0.3 is 0 Å². The van der Waals surface area contributed by atoms with Gasteiger partial charge in [0.2, 0.25) is 10.0 Å². The van der Waals surface area contributed by atoms with Crippen LogP contribution in [0.5, 0.6) is 0 Å². The summed E-state index contributed by atoms with van der Waals surface area (Å²) in [5.41, 5.74) is 0.685. The SMILES string of the molecule is O=S(=O)(NC1CC1)c1ccc(C#CCO)cc1. The van der Waals surface area contributed by atoms with Gasteiger partial charge in [-0.3, -0.25) is 0 Å². The van der Waals surface area contributed by atoms with E-state index in [1.54, 1.807) is 12.1 Å². The monoisotopic (exact) mass is 251 g/mol. The lowest BCUT2D eigenvalue weighted by Gasteiger charge is -2.04. The van der Waals surface area contributed by atoms with Crippen molar-refractivity contribution in [1.82, 2.24) is 4.72 Å². The van der Waals surface area contributed by atoms with Crippen LogP contribution < -0.4 is 4.72 Å². The maximum absolute atomic E-state index is 11.8. The fourth-order valence-electron chi connectivity index (χ4n) is 1.35. The zero-order valence-electron chi connectivity index (χ0n) is 9.18. The Labute approximate surface area is 101 Å². The van der Waals surface area contributed by atoms with E-state index in [0.29, 0.717) is 5.56 Å². The van der Waals surface area contributed by atoms with Gasteiger partial charge in [-0.15, -0.1) is 0 Å². The molecule has 0 spiro atoms. The van der Waals surface area contributed by atoms with Gasteiger partial charge in [0.15, 0.2) is 0 Å². The standard InChI is InChI=1S/C12H13NO3S/c14-9-1-2-10-3-7-12(8-4-10)17(15,16)13-11-5-6-11/h3-4,7-8,11,13-14H,5-6,9H2. The molecule has 0 unspecified atom stereocenters. The fourth-order valence-corrected chi connectivity index (χ4v) is 2.65. The summed E-state index contributed by atoms with van der Waals surface area (Å²) in [4.78, 5) is 0.249. The molecule has 2 N–H and O–H groups in total. The first-order valence-corrected chi connectivity index (χ1v) is 6.82. The molecule has 0 saturated heterocycles. The van der Waals surface area contributed by atoms with Gasteiger partial charge in [-0.25, -0.2) is 13.1 Å². The van der Waals surface area contributed by atoms with Crippen molar-refractivity contribution in [2.75, 3.05) is 6.61 Å². The minimum atomic E-state index is -3.38. The van der Waals surface area contributed by atoms with E-state index < -0.39 is 10.0 Å². The maximum atomic E-state index is 11.8. The molecular formula is C12H13NO3S. The van der Waals surface area contributed by atoms with Gasteiger partial charge in [0.05, 0.1) is 4.90 Å². The molecule has 1 aliphatic carbocycles. The Morgan fingerprint density at radius 3 is 2.47 bits per heavy atom. The lowest BCUT2D eigenvalue weighted by atomic mass is 10.2. The van der Waals surface area contributed by atoms with Crippen molar-refractivity contribution in [3.8, 4) is 11.8 Å². The van der Waals surface area contributed by atoms with Crippen LogP contribution >= 0.6 is 0 Å². The zero-order valence-corrected chi connectivity index (χ0v) is 10.00. The molecular weight excluding hydrogens is 238 g/mol. The average molecular weight is 251 g/mol. The zero-order chi connectivity index (χ0) is 12.3. The van der Waals surface area contributed by atoms with Crippen molar-refractivity contribution in [3.05, 3.63) is 29.8 Å². The third-order valence-electron chi connectivity index (χ3n) is 2.38. The number of hydrogen-bond acceptors (Lipinski definition) is 3. The fraction of sp³-hybridized carbons (Fsp3) is 0.333. The van der Waals surface area contributed by atoms with Gasteiger partial charge in [-0.05, 0) is 37.1 Å². The summed E-state index contributed by atoms with van der Waals surface area (Å²) in [5.74, 6) is 5.22. The molecule has 1 aromatic rings. The molecule has 2 rings (SSSR count). The molecule has 1 aliphatic rings. The van der Waals surface area contributed by atoms with Crippen LogP contribution in [-0.4, -0.2) is 26.2 Å². The van der Waals surface area contributed by atoms with E-state index in [4.69, 9.17) is 5.11 Å². The van der Waals surface area contributed by atoms with Crippen molar-refractivity contribution >= 4 is 10.0 Å². The van der Waals surface area contributed by atoms with E-state index in [0.717, 1.165) is 12.8 Å². The van der Waals surface area contributed by atoms with E-state index in [9.17, 15) is 8.42 Å². The van der Waals surface area contributed by atoms with Crippen molar-refractivity contribution in [1.29, 1.82) is 0 Å². The summed E-state index contributed by atoms with van der Waals surface area (Å²) in [7, 11) is -3.38. The Hall–Kier alpha value is -1.35. The van der Waals surface area contributed by atoms with Gasteiger partial charge < -0.3 is 5.11 Å². The number of aliphatic hydroxyl groups is 1. The number of sulfonamides is 1. The molecule has 17 heavy (non-hydrogen) atoms. The lowest BCUT2D eigenvalue weighted by molar-refractivity contribution is 0.350. The summed E-state index contributed by atoms with van der Waals surface area (Å²) in [6.07, 6.45) is 1.83. The van der Waals surface area contributed by atoms with Crippen molar-refractivity contribution in [3.63, 3.8) is 0 Å². The average Bonchev–Trinajstić information content (AvgIpc) is 3.10. The van der Waals surface area contributed by atoms with Gasteiger partial charge in [0, 0.05) is 11.6 Å². The molecule has 0 heterocycles. The van der Waals surface area contributed by atoms with E-state index in [-0.39, 0.29) is 17.5 Å². The number of benzene rings is 1. The molecule has 1 fully saturated rings. The Bertz CT molecular complexity index is 548. The normalized spacial score (nSPS) is 15.1. The highest BCUT2D eigenvalue weighted by molar-refractivity contribution is 7.89. The predicted octanol–water partition coefficient (Wildman–Crippen LogP) is 0.471. The summed E-state index contributed by atoms with van der Waals surface area (Å²) in [6, 6.07) is 6.40. The highest BCUT2D eigenvalue weighted by Crippen LogP contribution is 2.22. The smallest absolute Gasteiger partial charge is 0.240 e. The third-order valence-corrected chi connectivity index (χ3v) is 3.91. The highest BCUT2D eigenvalue weighted by atomic mass is 32.2. The summed E-state index contributed by atoms with van der Waals surface area (Å²) >= 11 is 0. The second kappa shape index (κ2) is 4.88. The van der Waals surface area contributed by atoms with E-state index >= 15 is 0 Å². The molecule has 0 aliphatic heterocycles. The van der Waals surface area contributed by atoms with Crippen LogP contribution in [0.2, 0.25) is 0 Å². The van der Waals surface area contributed by atoms with Crippen LogP contribution in [0, 0.1) is 11.8 Å². The number of nitrogens with one attached hydrogen (secondary N) is 1. The molecule has 0 amide bonds. The van der Waals surface area contributed by atoms with E-state index in [1.807, 2.05) is 0 Å². The quantitative estimate of drug-likeness (QED) is 0.767. The van der Waals surface area contributed by atoms with Crippen LogP contribution in [0.15, 0.2) is 29.2 Å². The predicted molar refractivity (Wildman–Crippen MR) is 63.7 cm³/mol. The van der Waals surface area contributed by atoms with Crippen molar-refractivity contribution in [2.24, 2.45) is 0 Å². The Balaban J connectivity index is 2.16. The lowest BCUT2D eigenvalue weighted by Crippen LogP contribution is -2.25. The molecule has 1 aromatic carbocycles. The highest BCUT2D eigenvalue weighted by Gasteiger charge is 2.27. The molecule has 1 saturated carbocycles. The van der Waals surface area contributed by atoms with Gasteiger partial charge in [0.1, 0.15) is 6.61 Å². The van der Waals surface area contributed by atoms with Gasteiger partial charge in [-0.1, -0.05) is 11.8 Å². The molecule has 90 valence electrons. The molecule has 0 radical (unpaired) electrons. The largest absolute Gasteiger partial charge is 0.384 e. The Morgan fingerprint density at radius 2 is 1.94 bits per heavy atom. The summed E-state index contributed by atoms with van der Waals surface area (Å²) in [5, 5.41) is 8.54. The summed E-state index contributed by atoms with van der Waals surface area (Å²) < 4.78 is 26.2. The molecule has 4 nitrogen and oxygen atoms in total. The van der Waals surface area contributed by atoms with Crippen LogP contribution in [-0.2, 0) is 10.0 Å². The first-order valence-electron chi connectivity index (χ1n) is 5.34. The Kier molecular flexibility index (Phi) is 3.48. The van der Waals surface area contributed by atoms with Crippen LogP contribution in [0.3, 0.4) is 0 Å². The van der Waals surface area contributed by atoms with E-state index in [1.165, 1.54) is 12.1 Å². The number of hydrogen-bond donors (Lipinski definition) is 2. The number of aliphatic hydroxyl groups excluding tert-OH is 1. The van der Waals surface area contributed by atoms with Crippen molar-refractivity contribution in [2.45, 2.75) is 23.8 Å². The molecule has 0 bridgehead atoms. The van der Waals surface area contributed by atoms with Crippen LogP contribution in [0.4, 0.5) is 0 Å². The summed E-state index contributed by atoms with van der Waals surface area (Å²) in [6.45, 7) is -0.205. The molecule has 5 heteroatoms. The topological polar surface area (TPSA) is 66.4 Å². The Morgan fingerprint density at radius 1 is 1.29 bits per heavy atom. The minimum Gasteiger partial charge on any atom is -0.384 e. The third kappa shape index (κ3) is 3.30. The second-order valence-corrected chi connectivity index (χ2v) is 5.59. The van der Waals surface area contributed by atoms with Gasteiger partial charge in [0.25, 0.3) is 0 Å². The van der Waals surface area contributed by atoms with Crippen molar-refractivity contribution < 1.29 is 13.5 Å². The van der Waals surface area contributed by atoms with E-state index in [2.05, 4.69) is 16.6 Å². The second-order valence-electron chi connectivity index (χ2n) is 3.88. The molecule has 0 aromatic heterocycles. The van der Waals surface area contributed by atoms with Crippen LogP contribution in [0.1, 0.15) is 18.4 Å². The first kappa shape index (κ1) is 12.1. The molecule has 0 atom stereocenters. The first-order chi connectivity index (χ1) is 8.12. The van der Waals surface area contributed by atoms with Crippen LogP contribution in [0.25, 0.3) is 0 Å². The number of rotatable bonds is 3. The minimum absolute atomic E-state index is 0.105. The van der Waals surface area contributed by atoms with Gasteiger partial charge in [-0.2, -0.15) is 0 Å². The maximum Gasteiger partial charge on any atom is 0.240 e.